The second-order valence-corrected chi connectivity index (χ2v) is 7.16. The number of hydrogen-bond donors (Lipinski definition) is 2. The summed E-state index contributed by atoms with van der Waals surface area (Å²) in [6.07, 6.45) is 8.06. The number of nitrogens with zero attached hydrogens (tertiary/aromatic N) is 1. The fourth-order valence-electron chi connectivity index (χ4n) is 3.37. The van der Waals surface area contributed by atoms with Gasteiger partial charge in [-0.25, -0.2) is 0 Å². The Labute approximate surface area is 168 Å². The highest BCUT2D eigenvalue weighted by Crippen LogP contribution is 2.19. The van der Waals surface area contributed by atoms with Crippen molar-refractivity contribution in [2.45, 2.75) is 52.0 Å². The van der Waals surface area contributed by atoms with E-state index in [9.17, 15) is 9.59 Å². The van der Waals surface area contributed by atoms with Crippen molar-refractivity contribution >= 4 is 17.5 Å². The van der Waals surface area contributed by atoms with Crippen LogP contribution in [0.15, 0.2) is 35.9 Å². The molecule has 1 atom stereocenters. The Hall–Kier alpha value is -2.34. The molecule has 0 heterocycles. The second kappa shape index (κ2) is 11.5. The first-order valence-corrected chi connectivity index (χ1v) is 10.2. The highest BCUT2D eigenvalue weighted by atomic mass is 16.5. The topological polar surface area (TPSA) is 70.7 Å². The number of anilines is 1. The summed E-state index contributed by atoms with van der Waals surface area (Å²) in [7, 11) is 1.60. The lowest BCUT2D eigenvalue weighted by atomic mass is 9.97. The van der Waals surface area contributed by atoms with Crippen LogP contribution in [-0.4, -0.2) is 49.5 Å². The van der Waals surface area contributed by atoms with E-state index < -0.39 is 0 Å². The van der Waals surface area contributed by atoms with Gasteiger partial charge in [-0.15, -0.1) is 0 Å². The number of methoxy groups -OCH3 is 1. The van der Waals surface area contributed by atoms with Crippen molar-refractivity contribution in [1.82, 2.24) is 10.2 Å². The molecule has 1 aromatic rings. The minimum absolute atomic E-state index is 0.0319. The number of likely N-dealkylation sites (N-methyl/N-ethyl adjacent to an activating group) is 1. The Balaban J connectivity index is 1.78. The largest absolute Gasteiger partial charge is 0.497 e. The molecule has 154 valence electrons. The molecule has 1 aromatic carbocycles. The molecule has 6 heteroatoms. The van der Waals surface area contributed by atoms with Crippen LogP contribution >= 0.6 is 0 Å². The predicted octanol–water partition coefficient (Wildman–Crippen LogP) is 3.35. The fraction of sp³-hybridized carbons (Fsp3) is 0.545. The van der Waals surface area contributed by atoms with E-state index in [4.69, 9.17) is 4.74 Å². The van der Waals surface area contributed by atoms with Gasteiger partial charge in [0.05, 0.1) is 19.7 Å². The Morgan fingerprint density at radius 3 is 2.57 bits per heavy atom. The average molecular weight is 388 g/mol. The van der Waals surface area contributed by atoms with E-state index in [1.165, 1.54) is 18.4 Å². The normalized spacial score (nSPS) is 14.9. The molecule has 28 heavy (non-hydrogen) atoms. The fourth-order valence-corrected chi connectivity index (χ4v) is 3.37. The van der Waals surface area contributed by atoms with E-state index in [0.717, 1.165) is 25.0 Å². The molecular formula is C22H33N3O3. The third-order valence-electron chi connectivity index (χ3n) is 5.18. The van der Waals surface area contributed by atoms with Gasteiger partial charge in [0.2, 0.25) is 11.8 Å². The summed E-state index contributed by atoms with van der Waals surface area (Å²) in [6.45, 7) is 5.25. The zero-order valence-electron chi connectivity index (χ0n) is 17.3. The van der Waals surface area contributed by atoms with Crippen LogP contribution in [0.1, 0.15) is 46.0 Å². The van der Waals surface area contributed by atoms with Crippen LogP contribution in [0, 0.1) is 0 Å². The van der Waals surface area contributed by atoms with Crippen molar-refractivity contribution in [3.05, 3.63) is 35.9 Å². The molecule has 0 spiro atoms. The number of allylic oxidation sites excluding steroid dienone is 1. The highest BCUT2D eigenvalue weighted by Gasteiger charge is 2.22. The number of benzene rings is 1. The molecule has 0 saturated carbocycles. The summed E-state index contributed by atoms with van der Waals surface area (Å²) >= 11 is 0. The van der Waals surface area contributed by atoms with Crippen LogP contribution in [0.5, 0.6) is 5.75 Å². The highest BCUT2D eigenvalue weighted by molar-refractivity contribution is 5.93. The number of rotatable bonds is 10. The minimum atomic E-state index is -0.355. The molecule has 0 saturated heterocycles. The third kappa shape index (κ3) is 7.00. The molecule has 1 aliphatic carbocycles. The lowest BCUT2D eigenvalue weighted by Crippen LogP contribution is -2.48. The van der Waals surface area contributed by atoms with E-state index in [0.29, 0.717) is 18.8 Å². The number of nitrogens with one attached hydrogen (secondary N) is 2. The Kier molecular flexibility index (Phi) is 9.01. The standard InChI is InChI=1S/C22H33N3O3/c1-4-25(16-21(26)24-19-10-12-20(28-3)13-11-19)17(2)22(27)23-15-14-18-8-6-5-7-9-18/h8,10-13,17H,4-7,9,14-16H2,1-3H3,(H,23,27)(H,24,26)/t17-/m1/s1. The zero-order chi connectivity index (χ0) is 20.4. The monoisotopic (exact) mass is 387 g/mol. The molecule has 0 unspecified atom stereocenters. The van der Waals surface area contributed by atoms with Crippen LogP contribution in [0.25, 0.3) is 0 Å². The van der Waals surface area contributed by atoms with Gasteiger partial charge < -0.3 is 15.4 Å². The van der Waals surface area contributed by atoms with Crippen LogP contribution in [-0.2, 0) is 9.59 Å². The first-order chi connectivity index (χ1) is 13.5. The molecule has 2 rings (SSSR count). The summed E-state index contributed by atoms with van der Waals surface area (Å²) in [6, 6.07) is 6.83. The minimum Gasteiger partial charge on any atom is -0.497 e. The van der Waals surface area contributed by atoms with E-state index in [-0.39, 0.29) is 24.4 Å². The summed E-state index contributed by atoms with van der Waals surface area (Å²) in [4.78, 5) is 26.7. The SMILES string of the molecule is CCN(CC(=O)Nc1ccc(OC)cc1)[C@H](C)C(=O)NCCC1=CCCCC1. The molecule has 0 radical (unpaired) electrons. The molecule has 2 N–H and O–H groups in total. The smallest absolute Gasteiger partial charge is 0.238 e. The zero-order valence-corrected chi connectivity index (χ0v) is 17.3. The molecule has 0 aromatic heterocycles. The summed E-state index contributed by atoms with van der Waals surface area (Å²) in [5.41, 5.74) is 2.16. The molecule has 0 aliphatic heterocycles. The van der Waals surface area contributed by atoms with Crippen molar-refractivity contribution in [1.29, 1.82) is 0 Å². The number of carbonyl (C=O) groups is 2. The Morgan fingerprint density at radius 2 is 1.96 bits per heavy atom. The molecule has 0 fully saturated rings. The average Bonchev–Trinajstić information content (AvgIpc) is 2.72. The van der Waals surface area contributed by atoms with Gasteiger partial charge in [-0.05, 0) is 69.8 Å². The van der Waals surface area contributed by atoms with Gasteiger partial charge in [0, 0.05) is 12.2 Å². The number of hydrogen-bond acceptors (Lipinski definition) is 4. The first-order valence-electron chi connectivity index (χ1n) is 10.2. The molecule has 1 aliphatic rings. The van der Waals surface area contributed by atoms with Gasteiger partial charge >= 0.3 is 0 Å². The summed E-state index contributed by atoms with van der Waals surface area (Å²) in [5, 5.41) is 5.88. The lowest BCUT2D eigenvalue weighted by molar-refractivity contribution is -0.127. The van der Waals surface area contributed by atoms with E-state index in [1.807, 2.05) is 18.7 Å². The van der Waals surface area contributed by atoms with Crippen LogP contribution < -0.4 is 15.4 Å². The van der Waals surface area contributed by atoms with Gasteiger partial charge in [-0.3, -0.25) is 14.5 Å². The summed E-state index contributed by atoms with van der Waals surface area (Å²) in [5.74, 6) is 0.567. The Bertz CT molecular complexity index is 670. The van der Waals surface area contributed by atoms with Crippen molar-refractivity contribution in [3.63, 3.8) is 0 Å². The maximum Gasteiger partial charge on any atom is 0.238 e. The van der Waals surface area contributed by atoms with Crippen LogP contribution in [0.3, 0.4) is 0 Å². The van der Waals surface area contributed by atoms with Gasteiger partial charge in [0.15, 0.2) is 0 Å². The van der Waals surface area contributed by atoms with Gasteiger partial charge in [0.25, 0.3) is 0 Å². The van der Waals surface area contributed by atoms with Crippen LogP contribution in [0.4, 0.5) is 5.69 Å². The Morgan fingerprint density at radius 1 is 1.21 bits per heavy atom. The maximum atomic E-state index is 12.5. The van der Waals surface area contributed by atoms with E-state index in [1.54, 1.807) is 31.4 Å². The van der Waals surface area contributed by atoms with Crippen molar-refractivity contribution in [2.75, 3.05) is 32.1 Å². The van der Waals surface area contributed by atoms with E-state index >= 15 is 0 Å². The van der Waals surface area contributed by atoms with Gasteiger partial charge in [0.1, 0.15) is 5.75 Å². The quantitative estimate of drug-likeness (QED) is 0.604. The van der Waals surface area contributed by atoms with E-state index in [2.05, 4.69) is 16.7 Å². The first kappa shape index (κ1) is 22.0. The summed E-state index contributed by atoms with van der Waals surface area (Å²) < 4.78 is 5.12. The third-order valence-corrected chi connectivity index (χ3v) is 5.18. The van der Waals surface area contributed by atoms with Crippen molar-refractivity contribution < 1.29 is 14.3 Å². The van der Waals surface area contributed by atoms with Crippen LogP contribution in [0.2, 0.25) is 0 Å². The van der Waals surface area contributed by atoms with Crippen molar-refractivity contribution in [2.24, 2.45) is 0 Å². The molecular weight excluding hydrogens is 354 g/mol. The van der Waals surface area contributed by atoms with Gasteiger partial charge in [-0.1, -0.05) is 18.6 Å². The molecule has 2 amide bonds. The lowest BCUT2D eigenvalue weighted by Gasteiger charge is -2.26. The second-order valence-electron chi connectivity index (χ2n) is 7.16. The van der Waals surface area contributed by atoms with Crippen molar-refractivity contribution in [3.8, 4) is 5.75 Å². The maximum absolute atomic E-state index is 12.5. The number of carbonyl (C=O) groups excluding carboxylic acids is 2. The number of ether oxygens (including phenoxy) is 1. The predicted molar refractivity (Wildman–Crippen MR) is 113 cm³/mol. The molecule has 0 bridgehead atoms. The number of amides is 2. The molecule has 6 nitrogen and oxygen atoms in total. The van der Waals surface area contributed by atoms with Gasteiger partial charge in [-0.2, -0.15) is 0 Å².